The monoisotopic (exact) mass is 380 g/mol. The molecule has 1 N–H and O–H groups in total. The van der Waals surface area contributed by atoms with E-state index < -0.39 is 0 Å². The number of ether oxygens (including phenoxy) is 1. The Bertz CT molecular complexity index is 812. The van der Waals surface area contributed by atoms with Crippen molar-refractivity contribution in [2.75, 3.05) is 26.7 Å². The van der Waals surface area contributed by atoms with Crippen molar-refractivity contribution in [3.8, 4) is 11.5 Å². The maximum absolute atomic E-state index is 9.90. The number of phenolic OH excluding ortho intramolecular Hbond substituents is 1. The minimum absolute atomic E-state index is 0.282. The molecule has 28 heavy (non-hydrogen) atoms. The Labute approximate surface area is 168 Å². The molecule has 150 valence electrons. The van der Waals surface area contributed by atoms with Gasteiger partial charge in [0.1, 0.15) is 17.6 Å². The van der Waals surface area contributed by atoms with Crippen molar-refractivity contribution in [3.63, 3.8) is 0 Å². The van der Waals surface area contributed by atoms with Crippen LogP contribution in [0, 0.1) is 0 Å². The third-order valence-corrected chi connectivity index (χ3v) is 6.21. The minimum Gasteiger partial charge on any atom is -0.508 e. The lowest BCUT2D eigenvalue weighted by molar-refractivity contribution is 0.0841. The maximum Gasteiger partial charge on any atom is 0.120 e. The highest BCUT2D eigenvalue weighted by atomic mass is 16.5. The van der Waals surface area contributed by atoms with Crippen molar-refractivity contribution in [3.05, 3.63) is 59.2 Å². The third kappa shape index (κ3) is 4.18. The van der Waals surface area contributed by atoms with Gasteiger partial charge < -0.3 is 19.6 Å². The van der Waals surface area contributed by atoms with Crippen molar-refractivity contribution < 1.29 is 9.84 Å². The van der Waals surface area contributed by atoms with E-state index in [0.717, 1.165) is 44.8 Å². The van der Waals surface area contributed by atoms with Crippen LogP contribution in [0.3, 0.4) is 0 Å². The number of piperidine rings is 1. The molecule has 1 fully saturated rings. The molecule has 1 atom stereocenters. The molecule has 2 heterocycles. The lowest BCUT2D eigenvalue weighted by Gasteiger charge is -2.35. The zero-order valence-electron chi connectivity index (χ0n) is 17.3. The Hall–Kier alpha value is -2.04. The summed E-state index contributed by atoms with van der Waals surface area (Å²) in [5, 5.41) is 9.90. The third-order valence-electron chi connectivity index (χ3n) is 6.21. The molecule has 1 saturated heterocycles. The molecular formula is C24H32N2O2. The van der Waals surface area contributed by atoms with Crippen LogP contribution in [0.5, 0.6) is 11.5 Å². The predicted octanol–water partition coefficient (Wildman–Crippen LogP) is 4.22. The average Bonchev–Trinajstić information content (AvgIpc) is 2.67. The molecule has 0 amide bonds. The van der Waals surface area contributed by atoms with Gasteiger partial charge in [0.25, 0.3) is 0 Å². The second kappa shape index (κ2) is 8.14. The summed E-state index contributed by atoms with van der Waals surface area (Å²) in [5.41, 5.74) is 3.85. The van der Waals surface area contributed by atoms with Gasteiger partial charge in [-0.25, -0.2) is 0 Å². The molecule has 0 aliphatic carbocycles. The van der Waals surface area contributed by atoms with Gasteiger partial charge in [-0.2, -0.15) is 0 Å². The van der Waals surface area contributed by atoms with Crippen LogP contribution < -0.4 is 4.74 Å². The number of likely N-dealkylation sites (tertiary alicyclic amines) is 1. The topological polar surface area (TPSA) is 35.9 Å². The number of benzene rings is 2. The van der Waals surface area contributed by atoms with Crippen molar-refractivity contribution in [1.82, 2.24) is 9.80 Å². The summed E-state index contributed by atoms with van der Waals surface area (Å²) in [4.78, 5) is 4.88. The van der Waals surface area contributed by atoms with E-state index in [2.05, 4.69) is 55.0 Å². The van der Waals surface area contributed by atoms with Gasteiger partial charge in [-0.1, -0.05) is 18.2 Å². The number of likely N-dealkylation sites (N-methyl/N-ethyl adjacent to an activating group) is 1. The summed E-state index contributed by atoms with van der Waals surface area (Å²) < 4.78 is 6.36. The van der Waals surface area contributed by atoms with Crippen LogP contribution in [-0.2, 0) is 6.54 Å². The molecule has 1 unspecified atom stereocenters. The fourth-order valence-corrected chi connectivity index (χ4v) is 4.63. The molecule has 4 rings (SSSR count). The van der Waals surface area contributed by atoms with E-state index in [1.54, 1.807) is 6.07 Å². The van der Waals surface area contributed by atoms with Crippen molar-refractivity contribution in [1.29, 1.82) is 0 Å². The molecule has 2 aliphatic rings. The van der Waals surface area contributed by atoms with E-state index in [4.69, 9.17) is 4.74 Å². The van der Waals surface area contributed by atoms with Gasteiger partial charge in [0, 0.05) is 38.1 Å². The molecule has 2 aromatic carbocycles. The minimum atomic E-state index is 0.282. The van der Waals surface area contributed by atoms with Crippen LogP contribution in [0.25, 0.3) is 0 Å². The second-order valence-electron chi connectivity index (χ2n) is 8.65. The second-order valence-corrected chi connectivity index (χ2v) is 8.65. The van der Waals surface area contributed by atoms with Gasteiger partial charge in [0.05, 0.1) is 0 Å². The molecular weight excluding hydrogens is 348 g/mol. The Morgan fingerprint density at radius 1 is 1.07 bits per heavy atom. The maximum atomic E-state index is 9.90. The molecule has 0 saturated carbocycles. The summed E-state index contributed by atoms with van der Waals surface area (Å²) in [5.74, 6) is 1.61. The van der Waals surface area contributed by atoms with Crippen LogP contribution in [0.15, 0.2) is 42.5 Å². The Morgan fingerprint density at radius 3 is 2.57 bits per heavy atom. The van der Waals surface area contributed by atoms with Gasteiger partial charge >= 0.3 is 0 Å². The molecule has 0 bridgehead atoms. The Morgan fingerprint density at radius 2 is 1.86 bits per heavy atom. The summed E-state index contributed by atoms with van der Waals surface area (Å²) in [7, 11) is 2.16. The summed E-state index contributed by atoms with van der Waals surface area (Å²) >= 11 is 0. The van der Waals surface area contributed by atoms with Gasteiger partial charge in [-0.15, -0.1) is 0 Å². The highest BCUT2D eigenvalue weighted by Gasteiger charge is 2.26. The van der Waals surface area contributed by atoms with Gasteiger partial charge in [-0.05, 0) is 74.7 Å². The van der Waals surface area contributed by atoms with Crippen LogP contribution >= 0.6 is 0 Å². The van der Waals surface area contributed by atoms with Crippen LogP contribution in [0.4, 0.5) is 0 Å². The van der Waals surface area contributed by atoms with Crippen molar-refractivity contribution in [2.45, 2.75) is 51.3 Å². The van der Waals surface area contributed by atoms with Crippen LogP contribution in [0.1, 0.15) is 49.3 Å². The predicted molar refractivity (Wildman–Crippen MR) is 113 cm³/mol. The molecule has 4 nitrogen and oxygen atoms in total. The SMILES string of the molecule is CC(C)N1CCC(Oc2ccc3c(c2)CN(C)CC3c2cccc(O)c2)CC1. The quantitative estimate of drug-likeness (QED) is 0.861. The highest BCUT2D eigenvalue weighted by molar-refractivity contribution is 5.45. The molecule has 0 spiro atoms. The fraction of sp³-hybridized carbons (Fsp3) is 0.500. The molecule has 0 aromatic heterocycles. The number of hydrogen-bond acceptors (Lipinski definition) is 4. The molecule has 4 heteroatoms. The summed E-state index contributed by atoms with van der Waals surface area (Å²) in [6.07, 6.45) is 2.51. The smallest absolute Gasteiger partial charge is 0.120 e. The van der Waals surface area contributed by atoms with Gasteiger partial charge in [0.2, 0.25) is 0 Å². The highest BCUT2D eigenvalue weighted by Crippen LogP contribution is 2.36. The lowest BCUT2D eigenvalue weighted by Crippen LogP contribution is -2.41. The normalized spacial score (nSPS) is 21.6. The van der Waals surface area contributed by atoms with Gasteiger partial charge in [-0.3, -0.25) is 0 Å². The van der Waals surface area contributed by atoms with E-state index in [1.165, 1.54) is 16.7 Å². The number of phenols is 1. The Kier molecular flexibility index (Phi) is 5.61. The zero-order chi connectivity index (χ0) is 19.7. The first kappa shape index (κ1) is 19.3. The molecule has 2 aromatic rings. The number of aromatic hydroxyl groups is 1. The zero-order valence-corrected chi connectivity index (χ0v) is 17.3. The first-order valence-electron chi connectivity index (χ1n) is 10.5. The standard InChI is InChI=1S/C24H32N2O2/c1-17(2)26-11-9-21(10-12-26)28-22-7-8-23-19(14-22)15-25(3)16-24(23)18-5-4-6-20(27)13-18/h4-8,13-14,17,21,24,27H,9-12,15-16H2,1-3H3. The number of rotatable bonds is 4. The van der Waals surface area contributed by atoms with E-state index in [1.807, 2.05) is 12.1 Å². The van der Waals surface area contributed by atoms with Crippen LogP contribution in [-0.4, -0.2) is 53.7 Å². The lowest BCUT2D eigenvalue weighted by atomic mass is 9.84. The first-order chi connectivity index (χ1) is 13.5. The van der Waals surface area contributed by atoms with Crippen molar-refractivity contribution in [2.24, 2.45) is 0 Å². The average molecular weight is 381 g/mol. The fourth-order valence-electron chi connectivity index (χ4n) is 4.63. The molecule has 0 radical (unpaired) electrons. The van der Waals surface area contributed by atoms with E-state index in [-0.39, 0.29) is 5.92 Å². The van der Waals surface area contributed by atoms with Gasteiger partial charge in [0.15, 0.2) is 0 Å². The summed E-state index contributed by atoms with van der Waals surface area (Å²) in [6, 6.07) is 14.9. The first-order valence-corrected chi connectivity index (χ1v) is 10.5. The number of nitrogens with zero attached hydrogens (tertiary/aromatic N) is 2. The van der Waals surface area contributed by atoms with Crippen molar-refractivity contribution >= 4 is 0 Å². The van der Waals surface area contributed by atoms with E-state index in [9.17, 15) is 5.11 Å². The molecule has 2 aliphatic heterocycles. The number of hydrogen-bond donors (Lipinski definition) is 1. The summed E-state index contributed by atoms with van der Waals surface area (Å²) in [6.45, 7) is 8.68. The van der Waals surface area contributed by atoms with E-state index in [0.29, 0.717) is 17.9 Å². The largest absolute Gasteiger partial charge is 0.508 e. The Balaban J connectivity index is 1.51. The number of fused-ring (bicyclic) bond motifs is 1. The van der Waals surface area contributed by atoms with E-state index >= 15 is 0 Å². The van der Waals surface area contributed by atoms with Crippen LogP contribution in [0.2, 0.25) is 0 Å².